The first kappa shape index (κ1) is 13.9. The van der Waals surface area contributed by atoms with Crippen LogP contribution >= 0.6 is 27.3 Å². The summed E-state index contributed by atoms with van der Waals surface area (Å²) in [5, 5.41) is 0.933. The van der Waals surface area contributed by atoms with Crippen molar-refractivity contribution in [2.75, 3.05) is 25.4 Å². The summed E-state index contributed by atoms with van der Waals surface area (Å²) >= 11 is 4.95. The van der Waals surface area contributed by atoms with Crippen LogP contribution in [0.25, 0.3) is 10.1 Å². The van der Waals surface area contributed by atoms with Crippen molar-refractivity contribution in [3.05, 3.63) is 27.5 Å². The molecule has 0 saturated carbocycles. The molecule has 1 amide bonds. The molecule has 2 N–H and O–H groups in total. The molecule has 1 atom stereocenters. The van der Waals surface area contributed by atoms with Crippen LogP contribution in [0.3, 0.4) is 0 Å². The molecule has 1 aromatic carbocycles. The summed E-state index contributed by atoms with van der Waals surface area (Å²) in [4.78, 5) is 15.1. The van der Waals surface area contributed by atoms with Gasteiger partial charge in [-0.05, 0) is 19.1 Å². The van der Waals surface area contributed by atoms with Crippen molar-refractivity contribution < 1.29 is 9.53 Å². The maximum Gasteiger partial charge on any atom is 0.266 e. The summed E-state index contributed by atoms with van der Waals surface area (Å²) in [6.45, 7) is 3.80. The van der Waals surface area contributed by atoms with Gasteiger partial charge >= 0.3 is 0 Å². The molecule has 1 unspecified atom stereocenters. The molecular formula is C14H15BrN2O2S. The van der Waals surface area contributed by atoms with Crippen LogP contribution in [-0.4, -0.2) is 36.6 Å². The lowest BCUT2D eigenvalue weighted by Crippen LogP contribution is -2.44. The van der Waals surface area contributed by atoms with E-state index in [1.165, 1.54) is 11.3 Å². The molecule has 0 radical (unpaired) electrons. The predicted octanol–water partition coefficient (Wildman–Crippen LogP) is 3.11. The van der Waals surface area contributed by atoms with E-state index in [1.807, 2.05) is 30.0 Å². The Kier molecular flexibility index (Phi) is 3.70. The van der Waals surface area contributed by atoms with E-state index >= 15 is 0 Å². The van der Waals surface area contributed by atoms with E-state index in [1.54, 1.807) is 0 Å². The normalized spacial score (nSPS) is 19.5. The van der Waals surface area contributed by atoms with Gasteiger partial charge in [0.05, 0.1) is 18.4 Å². The number of morpholine rings is 1. The summed E-state index contributed by atoms with van der Waals surface area (Å²) in [6, 6.07) is 5.88. The molecule has 0 aliphatic carbocycles. The number of amides is 1. The lowest BCUT2D eigenvalue weighted by Gasteiger charge is -2.30. The number of hydrogen-bond donors (Lipinski definition) is 1. The van der Waals surface area contributed by atoms with Crippen LogP contribution < -0.4 is 5.73 Å². The van der Waals surface area contributed by atoms with Gasteiger partial charge in [0.2, 0.25) is 0 Å². The summed E-state index contributed by atoms with van der Waals surface area (Å²) < 4.78 is 7.43. The first-order valence-electron chi connectivity index (χ1n) is 6.45. The second kappa shape index (κ2) is 5.35. The van der Waals surface area contributed by atoms with Crippen LogP contribution in [0.1, 0.15) is 16.6 Å². The van der Waals surface area contributed by atoms with Crippen molar-refractivity contribution in [3.8, 4) is 0 Å². The van der Waals surface area contributed by atoms with E-state index in [0.29, 0.717) is 30.3 Å². The number of fused-ring (bicyclic) bond motifs is 1. The molecule has 2 aromatic rings. The molecule has 1 fully saturated rings. The van der Waals surface area contributed by atoms with Gasteiger partial charge in [0, 0.05) is 27.6 Å². The molecule has 106 valence electrons. The fourth-order valence-corrected chi connectivity index (χ4v) is 4.26. The average molecular weight is 355 g/mol. The van der Waals surface area contributed by atoms with Crippen LogP contribution in [0.5, 0.6) is 0 Å². The fourth-order valence-electron chi connectivity index (χ4n) is 2.43. The van der Waals surface area contributed by atoms with Crippen molar-refractivity contribution in [1.82, 2.24) is 4.90 Å². The van der Waals surface area contributed by atoms with Crippen molar-refractivity contribution in [1.29, 1.82) is 0 Å². The summed E-state index contributed by atoms with van der Waals surface area (Å²) in [5.41, 5.74) is 6.75. The number of carbonyl (C=O) groups excluding carboxylic acids is 1. The van der Waals surface area contributed by atoms with E-state index < -0.39 is 0 Å². The minimum Gasteiger partial charge on any atom is -0.397 e. The fraction of sp³-hybridized carbons (Fsp3) is 0.357. The van der Waals surface area contributed by atoms with E-state index in [4.69, 9.17) is 10.5 Å². The van der Waals surface area contributed by atoms with Gasteiger partial charge < -0.3 is 15.4 Å². The highest BCUT2D eigenvalue weighted by molar-refractivity contribution is 9.10. The van der Waals surface area contributed by atoms with Crippen molar-refractivity contribution in [2.24, 2.45) is 0 Å². The first-order valence-corrected chi connectivity index (χ1v) is 8.06. The van der Waals surface area contributed by atoms with Gasteiger partial charge in [-0.3, -0.25) is 4.79 Å². The third-order valence-electron chi connectivity index (χ3n) is 3.42. The molecule has 2 heterocycles. The monoisotopic (exact) mass is 354 g/mol. The molecule has 1 aliphatic rings. The Bertz CT molecular complexity index is 670. The number of thiophene rings is 1. The molecule has 6 heteroatoms. The number of nitrogens with zero attached hydrogens (tertiary/aromatic N) is 1. The number of nitrogens with two attached hydrogens (primary N) is 1. The maximum atomic E-state index is 12.6. The summed E-state index contributed by atoms with van der Waals surface area (Å²) in [5.74, 6) is 0.00532. The van der Waals surface area contributed by atoms with Gasteiger partial charge in [-0.25, -0.2) is 0 Å². The lowest BCUT2D eigenvalue weighted by atomic mass is 10.2. The second-order valence-corrected chi connectivity index (χ2v) is 6.80. The Balaban J connectivity index is 1.99. The van der Waals surface area contributed by atoms with Crippen LogP contribution in [-0.2, 0) is 4.74 Å². The highest BCUT2D eigenvalue weighted by Gasteiger charge is 2.26. The number of carbonyl (C=O) groups is 1. The molecule has 4 nitrogen and oxygen atoms in total. The SMILES string of the molecule is CC1CN(C(=O)c2sc3cccc(Br)c3c2N)CCO1. The molecule has 3 rings (SSSR count). The van der Waals surface area contributed by atoms with Crippen molar-refractivity contribution in [2.45, 2.75) is 13.0 Å². The number of nitrogen functional groups attached to an aromatic ring is 1. The van der Waals surface area contributed by atoms with E-state index in [2.05, 4.69) is 15.9 Å². The number of hydrogen-bond acceptors (Lipinski definition) is 4. The van der Waals surface area contributed by atoms with Crippen molar-refractivity contribution in [3.63, 3.8) is 0 Å². The summed E-state index contributed by atoms with van der Waals surface area (Å²) in [6.07, 6.45) is 0.0787. The molecular weight excluding hydrogens is 340 g/mol. The smallest absolute Gasteiger partial charge is 0.266 e. The number of rotatable bonds is 1. The minimum absolute atomic E-state index is 0.00532. The topological polar surface area (TPSA) is 55.6 Å². The van der Waals surface area contributed by atoms with Crippen LogP contribution in [0.4, 0.5) is 5.69 Å². The Hall–Kier alpha value is -1.11. The Morgan fingerprint density at radius 3 is 3.05 bits per heavy atom. The Morgan fingerprint density at radius 1 is 1.55 bits per heavy atom. The molecule has 0 spiro atoms. The zero-order chi connectivity index (χ0) is 14.3. The zero-order valence-corrected chi connectivity index (χ0v) is 13.5. The molecule has 1 aliphatic heterocycles. The quantitative estimate of drug-likeness (QED) is 0.855. The highest BCUT2D eigenvalue weighted by Crippen LogP contribution is 2.38. The minimum atomic E-state index is 0.00532. The highest BCUT2D eigenvalue weighted by atomic mass is 79.9. The van der Waals surface area contributed by atoms with Gasteiger partial charge in [0.1, 0.15) is 4.88 Å². The van der Waals surface area contributed by atoms with Crippen LogP contribution in [0.15, 0.2) is 22.7 Å². The predicted molar refractivity (Wildman–Crippen MR) is 85.3 cm³/mol. The standard InChI is InChI=1S/C14H15BrN2O2S/c1-8-7-17(5-6-19-8)14(18)13-12(16)11-9(15)3-2-4-10(11)20-13/h2-4,8H,5-7,16H2,1H3. The third-order valence-corrected chi connectivity index (χ3v) is 5.24. The van der Waals surface area contributed by atoms with Crippen molar-refractivity contribution >= 4 is 48.9 Å². The Labute approximate surface area is 129 Å². The molecule has 1 saturated heterocycles. The second-order valence-electron chi connectivity index (χ2n) is 4.89. The summed E-state index contributed by atoms with van der Waals surface area (Å²) in [7, 11) is 0. The van der Waals surface area contributed by atoms with Gasteiger partial charge in [0.15, 0.2) is 0 Å². The van der Waals surface area contributed by atoms with Gasteiger partial charge in [-0.2, -0.15) is 0 Å². The molecule has 0 bridgehead atoms. The van der Waals surface area contributed by atoms with Gasteiger partial charge in [-0.1, -0.05) is 22.0 Å². The van der Waals surface area contributed by atoms with Gasteiger partial charge in [0.25, 0.3) is 5.91 Å². The zero-order valence-electron chi connectivity index (χ0n) is 11.1. The third kappa shape index (κ3) is 2.32. The average Bonchev–Trinajstić information content (AvgIpc) is 2.76. The van der Waals surface area contributed by atoms with Crippen LogP contribution in [0, 0.1) is 0 Å². The van der Waals surface area contributed by atoms with Gasteiger partial charge in [-0.15, -0.1) is 11.3 Å². The van der Waals surface area contributed by atoms with Crippen LogP contribution in [0.2, 0.25) is 0 Å². The number of halogens is 1. The number of ether oxygens (including phenoxy) is 1. The first-order chi connectivity index (χ1) is 9.58. The maximum absolute atomic E-state index is 12.6. The number of benzene rings is 1. The Morgan fingerprint density at radius 2 is 2.35 bits per heavy atom. The lowest BCUT2D eigenvalue weighted by molar-refractivity contribution is -0.0122. The van der Waals surface area contributed by atoms with E-state index in [-0.39, 0.29) is 12.0 Å². The molecule has 1 aromatic heterocycles. The largest absolute Gasteiger partial charge is 0.397 e. The van der Waals surface area contributed by atoms with E-state index in [9.17, 15) is 4.79 Å². The van der Waals surface area contributed by atoms with E-state index in [0.717, 1.165) is 14.6 Å². The number of anilines is 1. The molecule has 20 heavy (non-hydrogen) atoms.